The van der Waals surface area contributed by atoms with Gasteiger partial charge in [-0.15, -0.1) is 5.10 Å². The van der Waals surface area contributed by atoms with E-state index in [1.54, 1.807) is 6.20 Å². The monoisotopic (exact) mass is 256 g/mol. The quantitative estimate of drug-likeness (QED) is 0.671. The van der Waals surface area contributed by atoms with Gasteiger partial charge in [0.15, 0.2) is 0 Å². The van der Waals surface area contributed by atoms with Crippen molar-refractivity contribution in [3.8, 4) is 0 Å². The van der Waals surface area contributed by atoms with E-state index in [4.69, 9.17) is 0 Å². The first kappa shape index (κ1) is 11.9. The molecule has 0 saturated carbocycles. The maximum absolute atomic E-state index is 4.31. The second kappa shape index (κ2) is 5.62. The Labute approximate surface area is 111 Å². The van der Waals surface area contributed by atoms with Crippen molar-refractivity contribution in [2.75, 3.05) is 6.54 Å². The Morgan fingerprint density at radius 1 is 1.21 bits per heavy atom. The maximum atomic E-state index is 4.31. The van der Waals surface area contributed by atoms with E-state index in [1.807, 2.05) is 39.9 Å². The van der Waals surface area contributed by atoms with Crippen LogP contribution in [-0.4, -0.2) is 31.2 Å². The molecule has 3 aromatic rings. The summed E-state index contributed by atoms with van der Waals surface area (Å²) < 4.78 is 3.74. The molecule has 0 radical (unpaired) electrons. The Kier molecular flexibility index (Phi) is 3.51. The van der Waals surface area contributed by atoms with E-state index < -0.39 is 0 Å². The van der Waals surface area contributed by atoms with Gasteiger partial charge in [0.1, 0.15) is 0 Å². The fraction of sp³-hybridized carbons (Fsp3) is 0.308. The summed E-state index contributed by atoms with van der Waals surface area (Å²) in [6.07, 6.45) is 8.49. The SMILES string of the molecule is c1ccn2ncc(CNCCCn3ccnn3)c2c1. The third-order valence-electron chi connectivity index (χ3n) is 3.03. The lowest BCUT2D eigenvalue weighted by atomic mass is 10.2. The van der Waals surface area contributed by atoms with E-state index in [9.17, 15) is 0 Å². The summed E-state index contributed by atoms with van der Waals surface area (Å²) in [5.41, 5.74) is 2.38. The molecule has 0 amide bonds. The molecule has 0 aliphatic carbocycles. The number of nitrogens with one attached hydrogen (secondary N) is 1. The zero-order chi connectivity index (χ0) is 12.9. The Bertz CT molecular complexity index is 627. The van der Waals surface area contributed by atoms with Gasteiger partial charge in [-0.1, -0.05) is 11.3 Å². The van der Waals surface area contributed by atoms with Crippen molar-refractivity contribution in [2.24, 2.45) is 0 Å². The molecule has 1 N–H and O–H groups in total. The van der Waals surface area contributed by atoms with Crippen LogP contribution < -0.4 is 5.32 Å². The van der Waals surface area contributed by atoms with Crippen LogP contribution in [0, 0.1) is 0 Å². The Morgan fingerprint density at radius 3 is 3.11 bits per heavy atom. The van der Waals surface area contributed by atoms with E-state index in [0.29, 0.717) is 0 Å². The molecule has 6 heteroatoms. The topological polar surface area (TPSA) is 60.0 Å². The van der Waals surface area contributed by atoms with E-state index in [-0.39, 0.29) is 0 Å². The molecule has 0 spiro atoms. The normalized spacial score (nSPS) is 11.2. The van der Waals surface area contributed by atoms with Gasteiger partial charge in [-0.25, -0.2) is 4.52 Å². The van der Waals surface area contributed by atoms with E-state index >= 15 is 0 Å². The minimum atomic E-state index is 0.838. The van der Waals surface area contributed by atoms with Gasteiger partial charge in [-0.05, 0) is 25.1 Å². The average Bonchev–Trinajstić information content (AvgIpc) is 3.08. The molecular formula is C13H16N6. The van der Waals surface area contributed by atoms with Crippen LogP contribution in [-0.2, 0) is 13.1 Å². The minimum absolute atomic E-state index is 0.838. The smallest absolute Gasteiger partial charge is 0.0706 e. The van der Waals surface area contributed by atoms with Crippen molar-refractivity contribution in [3.63, 3.8) is 0 Å². The lowest BCUT2D eigenvalue weighted by Crippen LogP contribution is -2.16. The molecule has 0 aromatic carbocycles. The largest absolute Gasteiger partial charge is 0.312 e. The fourth-order valence-electron chi connectivity index (χ4n) is 2.06. The summed E-state index contributed by atoms with van der Waals surface area (Å²) in [6.45, 7) is 2.68. The number of fused-ring (bicyclic) bond motifs is 1. The van der Waals surface area contributed by atoms with Gasteiger partial charge in [0, 0.05) is 31.0 Å². The van der Waals surface area contributed by atoms with Gasteiger partial charge in [-0.2, -0.15) is 5.10 Å². The van der Waals surface area contributed by atoms with Crippen LogP contribution in [0.3, 0.4) is 0 Å². The number of aryl methyl sites for hydroxylation is 1. The van der Waals surface area contributed by atoms with Crippen molar-refractivity contribution >= 4 is 5.52 Å². The van der Waals surface area contributed by atoms with Crippen molar-refractivity contribution in [2.45, 2.75) is 19.5 Å². The summed E-state index contributed by atoms with van der Waals surface area (Å²) in [7, 11) is 0. The highest BCUT2D eigenvalue weighted by molar-refractivity contribution is 5.53. The van der Waals surface area contributed by atoms with Crippen LogP contribution in [0.5, 0.6) is 0 Å². The van der Waals surface area contributed by atoms with Crippen LogP contribution >= 0.6 is 0 Å². The first-order valence-electron chi connectivity index (χ1n) is 6.39. The van der Waals surface area contributed by atoms with Crippen LogP contribution in [0.1, 0.15) is 12.0 Å². The highest BCUT2D eigenvalue weighted by Crippen LogP contribution is 2.09. The molecule has 0 unspecified atom stereocenters. The third-order valence-corrected chi connectivity index (χ3v) is 3.03. The first-order valence-corrected chi connectivity index (χ1v) is 6.39. The highest BCUT2D eigenvalue weighted by Gasteiger charge is 2.01. The van der Waals surface area contributed by atoms with Crippen LogP contribution in [0.2, 0.25) is 0 Å². The number of hydrogen-bond acceptors (Lipinski definition) is 4. The number of hydrogen-bond donors (Lipinski definition) is 1. The number of pyridine rings is 1. The van der Waals surface area contributed by atoms with Crippen molar-refractivity contribution in [1.29, 1.82) is 0 Å². The summed E-state index contributed by atoms with van der Waals surface area (Å²) in [4.78, 5) is 0. The highest BCUT2D eigenvalue weighted by atomic mass is 15.4. The Morgan fingerprint density at radius 2 is 2.21 bits per heavy atom. The van der Waals surface area contributed by atoms with Crippen LogP contribution in [0.15, 0.2) is 43.0 Å². The maximum Gasteiger partial charge on any atom is 0.0706 e. The van der Waals surface area contributed by atoms with Gasteiger partial charge in [0.05, 0.1) is 17.9 Å². The van der Waals surface area contributed by atoms with E-state index in [1.165, 1.54) is 5.56 Å². The minimum Gasteiger partial charge on any atom is -0.312 e. The van der Waals surface area contributed by atoms with Crippen molar-refractivity contribution < 1.29 is 0 Å². The van der Waals surface area contributed by atoms with Gasteiger partial charge < -0.3 is 5.32 Å². The number of nitrogens with zero attached hydrogens (tertiary/aromatic N) is 5. The van der Waals surface area contributed by atoms with Crippen molar-refractivity contribution in [1.82, 2.24) is 29.9 Å². The Hall–Kier alpha value is -2.21. The second-order valence-electron chi connectivity index (χ2n) is 4.40. The number of aromatic nitrogens is 5. The molecule has 0 atom stereocenters. The van der Waals surface area contributed by atoms with Gasteiger partial charge >= 0.3 is 0 Å². The second-order valence-corrected chi connectivity index (χ2v) is 4.40. The third kappa shape index (κ3) is 2.79. The molecule has 0 bridgehead atoms. The van der Waals surface area contributed by atoms with Gasteiger partial charge in [0.2, 0.25) is 0 Å². The van der Waals surface area contributed by atoms with E-state index in [0.717, 1.165) is 31.6 Å². The van der Waals surface area contributed by atoms with Crippen LogP contribution in [0.4, 0.5) is 0 Å². The predicted molar refractivity (Wildman–Crippen MR) is 71.5 cm³/mol. The molecule has 6 nitrogen and oxygen atoms in total. The van der Waals surface area contributed by atoms with Gasteiger partial charge in [-0.3, -0.25) is 4.68 Å². The lowest BCUT2D eigenvalue weighted by Gasteiger charge is -2.03. The molecule has 0 aliphatic heterocycles. The standard InChI is InChI=1S/C13H16N6/c1-2-8-19-13(4-1)12(11-16-19)10-14-5-3-7-18-9-6-15-17-18/h1-2,4,6,8-9,11,14H,3,5,7,10H2. The zero-order valence-electron chi connectivity index (χ0n) is 10.6. The number of rotatable bonds is 6. The molecule has 0 saturated heterocycles. The first-order chi connectivity index (χ1) is 9.43. The molecule has 0 fully saturated rings. The summed E-state index contributed by atoms with van der Waals surface area (Å²) >= 11 is 0. The molecular weight excluding hydrogens is 240 g/mol. The predicted octanol–water partition coefficient (Wildman–Crippen LogP) is 1.11. The summed E-state index contributed by atoms with van der Waals surface area (Å²) in [5.74, 6) is 0. The van der Waals surface area contributed by atoms with Crippen LogP contribution in [0.25, 0.3) is 5.52 Å². The molecule has 19 heavy (non-hydrogen) atoms. The molecule has 3 heterocycles. The fourth-order valence-corrected chi connectivity index (χ4v) is 2.06. The lowest BCUT2D eigenvalue weighted by molar-refractivity contribution is 0.530. The summed E-state index contributed by atoms with van der Waals surface area (Å²) in [5, 5.41) is 15.4. The Balaban J connectivity index is 1.47. The van der Waals surface area contributed by atoms with Crippen molar-refractivity contribution in [3.05, 3.63) is 48.5 Å². The average molecular weight is 256 g/mol. The van der Waals surface area contributed by atoms with E-state index in [2.05, 4.69) is 26.8 Å². The summed E-state index contributed by atoms with van der Waals surface area (Å²) in [6, 6.07) is 6.10. The molecule has 98 valence electrons. The molecule has 3 aromatic heterocycles. The molecule has 3 rings (SSSR count). The molecule has 0 aliphatic rings. The zero-order valence-corrected chi connectivity index (χ0v) is 10.6. The van der Waals surface area contributed by atoms with Gasteiger partial charge in [0.25, 0.3) is 0 Å².